The molecule has 0 spiro atoms. The van der Waals surface area contributed by atoms with Crippen molar-refractivity contribution in [3.05, 3.63) is 29.8 Å². The van der Waals surface area contributed by atoms with E-state index in [0.29, 0.717) is 0 Å². The van der Waals surface area contributed by atoms with Crippen LogP contribution in [0.25, 0.3) is 0 Å². The zero-order valence-corrected chi connectivity index (χ0v) is 10.9. The molecule has 0 aromatic heterocycles. The smallest absolute Gasteiger partial charge is 0.253 e. The first-order valence-corrected chi connectivity index (χ1v) is 7.18. The van der Waals surface area contributed by atoms with Gasteiger partial charge in [0.25, 0.3) is 5.91 Å². The molecule has 4 heteroatoms. The lowest BCUT2D eigenvalue weighted by Crippen LogP contribution is -2.31. The number of carbonyl (C=O) groups is 1. The summed E-state index contributed by atoms with van der Waals surface area (Å²) in [7, 11) is 0. The highest BCUT2D eigenvalue weighted by Crippen LogP contribution is 2.22. The van der Waals surface area contributed by atoms with Crippen LogP contribution in [0.1, 0.15) is 17.3 Å². The van der Waals surface area contributed by atoms with Gasteiger partial charge in [-0.1, -0.05) is 19.1 Å². The van der Waals surface area contributed by atoms with E-state index in [1.54, 1.807) is 0 Å². The molecule has 1 aliphatic rings. The van der Waals surface area contributed by atoms with Gasteiger partial charge in [0.2, 0.25) is 0 Å². The molecule has 0 radical (unpaired) electrons. The monoisotopic (exact) mass is 250 g/mol. The van der Waals surface area contributed by atoms with Crippen molar-refractivity contribution in [2.45, 2.75) is 6.92 Å². The Kier molecular flexibility index (Phi) is 4.31. The summed E-state index contributed by atoms with van der Waals surface area (Å²) in [4.78, 5) is 14.1. The Morgan fingerprint density at radius 3 is 3.06 bits per heavy atom. The molecule has 1 aliphatic heterocycles. The predicted molar refractivity (Wildman–Crippen MR) is 74.0 cm³/mol. The number of anilines is 1. The number of amides is 1. The van der Waals surface area contributed by atoms with E-state index in [1.165, 1.54) is 0 Å². The van der Waals surface area contributed by atoms with Gasteiger partial charge in [-0.3, -0.25) is 4.79 Å². The number of hydrogen-bond acceptors (Lipinski definition) is 3. The quantitative estimate of drug-likeness (QED) is 0.829. The number of fused-ring (bicyclic) bond motifs is 1. The molecular weight excluding hydrogens is 232 g/mol. The second-order valence-corrected chi connectivity index (χ2v) is 5.35. The first kappa shape index (κ1) is 12.3. The Balaban J connectivity index is 2.17. The molecule has 1 N–H and O–H groups in total. The molecule has 1 amide bonds. The highest BCUT2D eigenvalue weighted by molar-refractivity contribution is 7.99. The molecule has 3 nitrogen and oxygen atoms in total. The fourth-order valence-electron chi connectivity index (χ4n) is 2.01. The third kappa shape index (κ3) is 2.94. The summed E-state index contributed by atoms with van der Waals surface area (Å²) in [5.41, 5.74) is 1.87. The van der Waals surface area contributed by atoms with Gasteiger partial charge in [-0.05, 0) is 17.9 Å². The summed E-state index contributed by atoms with van der Waals surface area (Å²) in [6.07, 6.45) is 0. The largest absolute Gasteiger partial charge is 0.368 e. The van der Waals surface area contributed by atoms with Crippen LogP contribution in [0.3, 0.4) is 0 Å². The van der Waals surface area contributed by atoms with E-state index in [-0.39, 0.29) is 5.91 Å². The van der Waals surface area contributed by atoms with Crippen LogP contribution in [0.4, 0.5) is 5.69 Å². The SMILES string of the molecule is CCSCCN1CCNC(=O)c2ccccc21. The Labute approximate surface area is 107 Å². The molecule has 92 valence electrons. The van der Waals surface area contributed by atoms with Gasteiger partial charge < -0.3 is 10.2 Å². The topological polar surface area (TPSA) is 32.3 Å². The van der Waals surface area contributed by atoms with Crippen molar-refractivity contribution >= 4 is 23.4 Å². The van der Waals surface area contributed by atoms with E-state index >= 15 is 0 Å². The first-order valence-electron chi connectivity index (χ1n) is 6.03. The van der Waals surface area contributed by atoms with E-state index in [9.17, 15) is 4.79 Å². The molecule has 0 fully saturated rings. The minimum absolute atomic E-state index is 0.0474. The zero-order chi connectivity index (χ0) is 12.1. The maximum atomic E-state index is 11.8. The van der Waals surface area contributed by atoms with Crippen LogP contribution >= 0.6 is 11.8 Å². The number of rotatable bonds is 4. The Morgan fingerprint density at radius 1 is 1.41 bits per heavy atom. The molecule has 0 bridgehead atoms. The summed E-state index contributed by atoms with van der Waals surface area (Å²) >= 11 is 1.94. The van der Waals surface area contributed by atoms with Crippen molar-refractivity contribution in [2.75, 3.05) is 36.0 Å². The maximum absolute atomic E-state index is 11.8. The number of hydrogen-bond donors (Lipinski definition) is 1. The Bertz CT molecular complexity index is 395. The molecule has 17 heavy (non-hydrogen) atoms. The van der Waals surface area contributed by atoms with Crippen molar-refractivity contribution in [3.8, 4) is 0 Å². The minimum atomic E-state index is 0.0474. The molecule has 0 saturated carbocycles. The average molecular weight is 250 g/mol. The highest BCUT2D eigenvalue weighted by Gasteiger charge is 2.19. The number of nitrogens with one attached hydrogen (secondary N) is 1. The van der Waals surface area contributed by atoms with Crippen molar-refractivity contribution in [3.63, 3.8) is 0 Å². The summed E-state index contributed by atoms with van der Waals surface area (Å²) < 4.78 is 0. The van der Waals surface area contributed by atoms with Gasteiger partial charge in [-0.25, -0.2) is 0 Å². The molecule has 0 saturated heterocycles. The van der Waals surface area contributed by atoms with E-state index < -0.39 is 0 Å². The Morgan fingerprint density at radius 2 is 2.24 bits per heavy atom. The van der Waals surface area contributed by atoms with Crippen LogP contribution in [0.15, 0.2) is 24.3 Å². The molecule has 1 heterocycles. The number of thioether (sulfide) groups is 1. The number of para-hydroxylation sites is 1. The lowest BCUT2D eigenvalue weighted by Gasteiger charge is -2.23. The van der Waals surface area contributed by atoms with Gasteiger partial charge >= 0.3 is 0 Å². The van der Waals surface area contributed by atoms with Gasteiger partial charge in [0, 0.05) is 31.1 Å². The number of nitrogens with zero attached hydrogens (tertiary/aromatic N) is 1. The van der Waals surface area contributed by atoms with Gasteiger partial charge in [0.05, 0.1) is 5.56 Å². The normalized spacial score (nSPS) is 15.1. The van der Waals surface area contributed by atoms with Crippen LogP contribution in [-0.2, 0) is 0 Å². The standard InChI is InChI=1S/C13H18N2OS/c1-2-17-10-9-15-8-7-14-13(16)11-5-3-4-6-12(11)15/h3-6H,2,7-10H2,1H3,(H,14,16). The number of carbonyl (C=O) groups excluding carboxylic acids is 1. The van der Waals surface area contributed by atoms with Crippen LogP contribution in [0.5, 0.6) is 0 Å². The molecule has 1 aromatic carbocycles. The average Bonchev–Trinajstić information content (AvgIpc) is 2.51. The van der Waals surface area contributed by atoms with Crippen LogP contribution in [0, 0.1) is 0 Å². The van der Waals surface area contributed by atoms with Crippen LogP contribution in [-0.4, -0.2) is 37.0 Å². The zero-order valence-electron chi connectivity index (χ0n) is 10.1. The van der Waals surface area contributed by atoms with Crippen molar-refractivity contribution in [1.29, 1.82) is 0 Å². The second kappa shape index (κ2) is 5.96. The fraction of sp³-hybridized carbons (Fsp3) is 0.462. The molecular formula is C13H18N2OS. The Hall–Kier alpha value is -1.16. The fourth-order valence-corrected chi connectivity index (χ4v) is 2.65. The summed E-state index contributed by atoms with van der Waals surface area (Å²) in [5.74, 6) is 2.30. The summed E-state index contributed by atoms with van der Waals surface area (Å²) in [6, 6.07) is 7.85. The predicted octanol–water partition coefficient (Wildman–Crippen LogP) is 1.99. The van der Waals surface area contributed by atoms with Crippen molar-refractivity contribution < 1.29 is 4.79 Å². The second-order valence-electron chi connectivity index (χ2n) is 3.96. The molecule has 2 rings (SSSR count). The van der Waals surface area contributed by atoms with E-state index in [0.717, 1.165) is 42.4 Å². The maximum Gasteiger partial charge on any atom is 0.253 e. The molecule has 0 unspecified atom stereocenters. The van der Waals surface area contributed by atoms with Gasteiger partial charge in [-0.15, -0.1) is 0 Å². The van der Waals surface area contributed by atoms with E-state index in [2.05, 4.69) is 17.1 Å². The van der Waals surface area contributed by atoms with E-state index in [4.69, 9.17) is 0 Å². The third-order valence-corrected chi connectivity index (χ3v) is 3.75. The third-order valence-electron chi connectivity index (χ3n) is 2.87. The van der Waals surface area contributed by atoms with Gasteiger partial charge in [0.15, 0.2) is 0 Å². The van der Waals surface area contributed by atoms with Gasteiger partial charge in [-0.2, -0.15) is 11.8 Å². The highest BCUT2D eigenvalue weighted by atomic mass is 32.2. The van der Waals surface area contributed by atoms with Crippen LogP contribution in [0.2, 0.25) is 0 Å². The number of benzene rings is 1. The van der Waals surface area contributed by atoms with Crippen molar-refractivity contribution in [2.24, 2.45) is 0 Å². The molecule has 1 aromatic rings. The summed E-state index contributed by atoms with van der Waals surface area (Å²) in [5, 5.41) is 2.93. The van der Waals surface area contributed by atoms with E-state index in [1.807, 2.05) is 36.0 Å². The lowest BCUT2D eigenvalue weighted by molar-refractivity contribution is 0.0958. The molecule has 0 aliphatic carbocycles. The van der Waals surface area contributed by atoms with Crippen molar-refractivity contribution in [1.82, 2.24) is 5.32 Å². The summed E-state index contributed by atoms with van der Waals surface area (Å²) in [6.45, 7) is 4.80. The first-order chi connectivity index (χ1) is 8.33. The molecule has 0 atom stereocenters. The lowest BCUT2D eigenvalue weighted by atomic mass is 10.1. The minimum Gasteiger partial charge on any atom is -0.368 e. The van der Waals surface area contributed by atoms with Gasteiger partial charge in [0.1, 0.15) is 0 Å². The van der Waals surface area contributed by atoms with Crippen LogP contribution < -0.4 is 10.2 Å².